The third-order valence-electron chi connectivity index (χ3n) is 3.65. The van der Waals surface area contributed by atoms with Crippen LogP contribution in [0.5, 0.6) is 5.75 Å². The van der Waals surface area contributed by atoms with E-state index in [0.29, 0.717) is 11.6 Å². The fraction of sp³-hybridized carbons (Fsp3) is 0.600. The lowest BCUT2D eigenvalue weighted by Gasteiger charge is -2.36. The zero-order valence-corrected chi connectivity index (χ0v) is 14.4. The molecule has 0 atom stereocenters. The summed E-state index contributed by atoms with van der Waals surface area (Å²) in [5.74, 6) is 0.747. The van der Waals surface area contributed by atoms with Crippen LogP contribution < -0.4 is 4.74 Å². The molecule has 19 heavy (non-hydrogen) atoms. The summed E-state index contributed by atoms with van der Waals surface area (Å²) in [4.78, 5) is 0. The van der Waals surface area contributed by atoms with Crippen LogP contribution in [0.3, 0.4) is 0 Å². The second kappa shape index (κ2) is 6.78. The Kier molecular flexibility index (Phi) is 5.90. The topological polar surface area (TPSA) is 18.5 Å². The lowest BCUT2D eigenvalue weighted by molar-refractivity contribution is 0.234. The first kappa shape index (κ1) is 16.5. The molecule has 0 fully saturated rings. The molecule has 0 aliphatic heterocycles. The van der Waals surface area contributed by atoms with Gasteiger partial charge >= 0.3 is 0 Å². The van der Waals surface area contributed by atoms with E-state index in [-0.39, 0.29) is 5.04 Å². The largest absolute Gasteiger partial charge is 0.492 e. The van der Waals surface area contributed by atoms with Crippen LogP contribution in [0.15, 0.2) is 24.3 Å². The highest BCUT2D eigenvalue weighted by atomic mass is 35.5. The first-order chi connectivity index (χ1) is 8.74. The van der Waals surface area contributed by atoms with Gasteiger partial charge in [-0.2, -0.15) is 0 Å². The Morgan fingerprint density at radius 3 is 2.32 bits per heavy atom. The number of benzene rings is 1. The molecular formula is C15H25ClO2Si. The predicted octanol–water partition coefficient (Wildman–Crippen LogP) is 5.13. The summed E-state index contributed by atoms with van der Waals surface area (Å²) in [6.45, 7) is 12.7. The van der Waals surface area contributed by atoms with Gasteiger partial charge in [-0.25, -0.2) is 0 Å². The van der Waals surface area contributed by atoms with Crippen molar-refractivity contribution < 1.29 is 9.16 Å². The molecular weight excluding hydrogens is 276 g/mol. The minimum atomic E-state index is -1.63. The van der Waals surface area contributed by atoms with Crippen LogP contribution in [0, 0.1) is 0 Å². The fourth-order valence-corrected chi connectivity index (χ4v) is 2.62. The van der Waals surface area contributed by atoms with Gasteiger partial charge in [0.05, 0.1) is 11.6 Å². The van der Waals surface area contributed by atoms with Gasteiger partial charge in [0.15, 0.2) is 8.32 Å². The average molecular weight is 301 g/mol. The van der Waals surface area contributed by atoms with E-state index in [1.165, 1.54) is 0 Å². The van der Waals surface area contributed by atoms with Crippen molar-refractivity contribution in [3.8, 4) is 5.75 Å². The maximum Gasteiger partial charge on any atom is 0.191 e. The first-order valence-corrected chi connectivity index (χ1v) is 10.0. The average Bonchev–Trinajstić information content (AvgIpc) is 2.29. The van der Waals surface area contributed by atoms with Crippen molar-refractivity contribution in [1.82, 2.24) is 0 Å². The molecule has 0 bridgehead atoms. The van der Waals surface area contributed by atoms with E-state index in [9.17, 15) is 0 Å². The lowest BCUT2D eigenvalue weighted by atomic mass is 10.2. The number of rotatable bonds is 6. The second-order valence-electron chi connectivity index (χ2n) is 6.24. The molecule has 1 aromatic rings. The molecule has 0 N–H and O–H groups in total. The second-order valence-corrected chi connectivity index (χ2v) is 11.5. The Labute approximate surface area is 123 Å². The molecule has 0 saturated carbocycles. The van der Waals surface area contributed by atoms with Crippen LogP contribution in [0.2, 0.25) is 23.2 Å². The van der Waals surface area contributed by atoms with E-state index in [0.717, 1.165) is 18.8 Å². The summed E-state index contributed by atoms with van der Waals surface area (Å²) >= 11 is 6.02. The van der Waals surface area contributed by atoms with Crippen molar-refractivity contribution >= 4 is 19.9 Å². The molecule has 0 unspecified atom stereocenters. The molecule has 0 aliphatic carbocycles. The van der Waals surface area contributed by atoms with Crippen LogP contribution in [0.25, 0.3) is 0 Å². The smallest absolute Gasteiger partial charge is 0.191 e. The van der Waals surface area contributed by atoms with Crippen molar-refractivity contribution in [2.45, 2.75) is 45.3 Å². The molecule has 0 radical (unpaired) electrons. The summed E-state index contributed by atoms with van der Waals surface area (Å²) in [5, 5.41) is 0.921. The zero-order chi connectivity index (χ0) is 14.5. The van der Waals surface area contributed by atoms with E-state index in [2.05, 4.69) is 33.9 Å². The van der Waals surface area contributed by atoms with Crippen molar-refractivity contribution in [2.75, 3.05) is 13.2 Å². The SMILES string of the molecule is CC(C)(C)[Si](C)(C)OCCCOc1ccccc1Cl. The number of hydrogen-bond acceptors (Lipinski definition) is 2. The van der Waals surface area contributed by atoms with Crippen molar-refractivity contribution in [2.24, 2.45) is 0 Å². The Hall–Kier alpha value is -0.513. The van der Waals surface area contributed by atoms with E-state index in [4.69, 9.17) is 20.8 Å². The summed E-state index contributed by atoms with van der Waals surface area (Å²) < 4.78 is 11.7. The molecule has 108 valence electrons. The number of ether oxygens (including phenoxy) is 1. The minimum Gasteiger partial charge on any atom is -0.492 e. The molecule has 0 amide bonds. The molecule has 1 aromatic carbocycles. The Morgan fingerprint density at radius 2 is 1.74 bits per heavy atom. The molecule has 0 saturated heterocycles. The Morgan fingerprint density at radius 1 is 1.11 bits per heavy atom. The van der Waals surface area contributed by atoms with Crippen molar-refractivity contribution in [3.63, 3.8) is 0 Å². The van der Waals surface area contributed by atoms with Gasteiger partial charge in [0.25, 0.3) is 0 Å². The van der Waals surface area contributed by atoms with Crippen LogP contribution >= 0.6 is 11.6 Å². The Balaban J connectivity index is 2.28. The molecule has 1 rings (SSSR count). The first-order valence-electron chi connectivity index (χ1n) is 6.75. The van der Waals surface area contributed by atoms with E-state index in [1.807, 2.05) is 24.3 Å². The molecule has 0 heterocycles. The highest BCUT2D eigenvalue weighted by Crippen LogP contribution is 2.36. The van der Waals surface area contributed by atoms with Gasteiger partial charge in [-0.15, -0.1) is 0 Å². The van der Waals surface area contributed by atoms with E-state index >= 15 is 0 Å². The van der Waals surface area contributed by atoms with E-state index in [1.54, 1.807) is 0 Å². The summed E-state index contributed by atoms with van der Waals surface area (Å²) in [5.41, 5.74) is 0. The van der Waals surface area contributed by atoms with Crippen molar-refractivity contribution in [1.29, 1.82) is 0 Å². The normalized spacial score (nSPS) is 12.5. The maximum atomic E-state index is 6.09. The van der Waals surface area contributed by atoms with Crippen molar-refractivity contribution in [3.05, 3.63) is 29.3 Å². The summed E-state index contributed by atoms with van der Waals surface area (Å²) in [6.07, 6.45) is 0.887. The quantitative estimate of drug-likeness (QED) is 0.535. The highest BCUT2D eigenvalue weighted by molar-refractivity contribution is 6.74. The third kappa shape index (κ3) is 5.17. The minimum absolute atomic E-state index is 0.261. The van der Waals surface area contributed by atoms with Gasteiger partial charge in [0.2, 0.25) is 0 Å². The van der Waals surface area contributed by atoms with Crippen LogP contribution in [0.4, 0.5) is 0 Å². The summed E-state index contributed by atoms with van der Waals surface area (Å²) in [6, 6.07) is 7.54. The molecule has 0 aromatic heterocycles. The van der Waals surface area contributed by atoms with Crippen LogP contribution in [-0.4, -0.2) is 21.5 Å². The predicted molar refractivity (Wildman–Crippen MR) is 84.7 cm³/mol. The molecule has 4 heteroatoms. The fourth-order valence-electron chi connectivity index (χ4n) is 1.35. The highest BCUT2D eigenvalue weighted by Gasteiger charge is 2.36. The van der Waals surface area contributed by atoms with Gasteiger partial charge in [0.1, 0.15) is 5.75 Å². The molecule has 0 spiro atoms. The number of hydrogen-bond donors (Lipinski definition) is 0. The lowest BCUT2D eigenvalue weighted by Crippen LogP contribution is -2.41. The van der Waals surface area contributed by atoms with Gasteiger partial charge in [-0.1, -0.05) is 44.5 Å². The third-order valence-corrected chi connectivity index (χ3v) is 8.50. The monoisotopic (exact) mass is 300 g/mol. The standard InChI is InChI=1S/C15H25ClO2Si/c1-15(2,3)19(4,5)18-12-8-11-17-14-10-7-6-9-13(14)16/h6-7,9-10H,8,11-12H2,1-5H3. The van der Waals surface area contributed by atoms with Gasteiger partial charge in [-0.05, 0) is 30.3 Å². The van der Waals surface area contributed by atoms with Gasteiger partial charge < -0.3 is 9.16 Å². The zero-order valence-electron chi connectivity index (χ0n) is 12.6. The van der Waals surface area contributed by atoms with E-state index < -0.39 is 8.32 Å². The van der Waals surface area contributed by atoms with Gasteiger partial charge in [0, 0.05) is 13.0 Å². The maximum absolute atomic E-state index is 6.09. The Bertz CT molecular complexity index is 399. The molecule has 0 aliphatic rings. The van der Waals surface area contributed by atoms with Crippen LogP contribution in [-0.2, 0) is 4.43 Å². The number of halogens is 1. The number of para-hydroxylation sites is 1. The van der Waals surface area contributed by atoms with Gasteiger partial charge in [-0.3, -0.25) is 0 Å². The summed E-state index contributed by atoms with van der Waals surface area (Å²) in [7, 11) is -1.63. The molecule has 2 nitrogen and oxygen atoms in total. The van der Waals surface area contributed by atoms with Crippen LogP contribution in [0.1, 0.15) is 27.2 Å².